The van der Waals surface area contributed by atoms with Crippen LogP contribution in [0.5, 0.6) is 0 Å². The van der Waals surface area contributed by atoms with Gasteiger partial charge in [0.25, 0.3) is 5.91 Å². The molecule has 2 rings (SSSR count). The van der Waals surface area contributed by atoms with Crippen LogP contribution in [0.1, 0.15) is 34.5 Å². The van der Waals surface area contributed by atoms with Crippen molar-refractivity contribution in [2.24, 2.45) is 0 Å². The zero-order chi connectivity index (χ0) is 13.7. The Morgan fingerprint density at radius 2 is 2.16 bits per heavy atom. The van der Waals surface area contributed by atoms with Crippen LogP contribution in [0.3, 0.4) is 0 Å². The lowest BCUT2D eigenvalue weighted by atomic mass is 10.1. The number of hydrogen-bond acceptors (Lipinski definition) is 3. The molecule has 0 aliphatic rings. The Bertz CT molecular complexity index is 522. The standard InChI is InChI=1S/C14H17N3OS/c1-10(13-7-15-16-8-13)17-14(18)12-5-3-11(4-6-12)9-19-2/h3-8,10H,9H2,1-2H3,(H,15,16)(H,17,18). The van der Waals surface area contributed by atoms with Crippen molar-refractivity contribution in [3.63, 3.8) is 0 Å². The van der Waals surface area contributed by atoms with Crippen LogP contribution in [0.15, 0.2) is 36.7 Å². The molecule has 1 unspecified atom stereocenters. The summed E-state index contributed by atoms with van der Waals surface area (Å²) in [4.78, 5) is 12.1. The van der Waals surface area contributed by atoms with E-state index in [9.17, 15) is 4.79 Å². The Kier molecular flexibility index (Phi) is 4.63. The van der Waals surface area contributed by atoms with E-state index in [2.05, 4.69) is 21.8 Å². The number of benzene rings is 1. The van der Waals surface area contributed by atoms with Gasteiger partial charge in [0, 0.05) is 23.1 Å². The number of hydrogen-bond donors (Lipinski definition) is 2. The first kappa shape index (κ1) is 13.7. The maximum absolute atomic E-state index is 12.1. The summed E-state index contributed by atoms with van der Waals surface area (Å²) in [6.07, 6.45) is 5.56. The molecule has 4 nitrogen and oxygen atoms in total. The van der Waals surface area contributed by atoms with E-state index >= 15 is 0 Å². The lowest BCUT2D eigenvalue weighted by Crippen LogP contribution is -2.26. The van der Waals surface area contributed by atoms with Crippen molar-refractivity contribution in [3.8, 4) is 0 Å². The highest BCUT2D eigenvalue weighted by atomic mass is 32.2. The molecule has 100 valence electrons. The Hall–Kier alpha value is -1.75. The Morgan fingerprint density at radius 3 is 2.74 bits per heavy atom. The fourth-order valence-corrected chi connectivity index (χ4v) is 2.31. The van der Waals surface area contributed by atoms with Gasteiger partial charge in [-0.1, -0.05) is 12.1 Å². The third-order valence-electron chi connectivity index (χ3n) is 2.89. The van der Waals surface area contributed by atoms with Crippen LogP contribution in [-0.2, 0) is 5.75 Å². The summed E-state index contributed by atoms with van der Waals surface area (Å²) < 4.78 is 0. The molecule has 0 fully saturated rings. The second kappa shape index (κ2) is 6.43. The van der Waals surface area contributed by atoms with Crippen molar-refractivity contribution >= 4 is 17.7 Å². The average molecular weight is 275 g/mol. The van der Waals surface area contributed by atoms with E-state index in [4.69, 9.17) is 0 Å². The molecule has 0 bridgehead atoms. The summed E-state index contributed by atoms with van der Waals surface area (Å²) >= 11 is 1.77. The van der Waals surface area contributed by atoms with E-state index in [0.717, 1.165) is 11.3 Å². The van der Waals surface area contributed by atoms with Gasteiger partial charge >= 0.3 is 0 Å². The van der Waals surface area contributed by atoms with Crippen molar-refractivity contribution in [2.75, 3.05) is 6.26 Å². The number of rotatable bonds is 5. The fourth-order valence-electron chi connectivity index (χ4n) is 1.78. The SMILES string of the molecule is CSCc1ccc(C(=O)NC(C)c2cn[nH]c2)cc1. The molecule has 2 aromatic rings. The van der Waals surface area contributed by atoms with Crippen LogP contribution in [0.2, 0.25) is 0 Å². The third-order valence-corrected chi connectivity index (χ3v) is 3.52. The number of aromatic amines is 1. The molecule has 19 heavy (non-hydrogen) atoms. The van der Waals surface area contributed by atoms with Crippen LogP contribution in [-0.4, -0.2) is 22.4 Å². The number of carbonyl (C=O) groups excluding carboxylic acids is 1. The zero-order valence-corrected chi connectivity index (χ0v) is 11.8. The van der Waals surface area contributed by atoms with Crippen LogP contribution in [0.25, 0.3) is 0 Å². The van der Waals surface area contributed by atoms with Crippen molar-refractivity contribution in [2.45, 2.75) is 18.7 Å². The fraction of sp³-hybridized carbons (Fsp3) is 0.286. The van der Waals surface area contributed by atoms with Crippen LogP contribution < -0.4 is 5.32 Å². The molecule has 1 atom stereocenters. The molecule has 1 aromatic carbocycles. The number of amides is 1. The molecule has 0 spiro atoms. The average Bonchev–Trinajstić information content (AvgIpc) is 2.94. The second-order valence-electron chi connectivity index (χ2n) is 4.36. The molecular formula is C14H17N3OS. The topological polar surface area (TPSA) is 57.8 Å². The molecule has 1 heterocycles. The maximum atomic E-state index is 12.1. The monoisotopic (exact) mass is 275 g/mol. The first-order valence-electron chi connectivity index (χ1n) is 6.08. The van der Waals surface area contributed by atoms with Gasteiger partial charge in [-0.05, 0) is 30.9 Å². The van der Waals surface area contributed by atoms with Gasteiger partial charge in [-0.3, -0.25) is 9.89 Å². The third kappa shape index (κ3) is 3.61. The minimum atomic E-state index is -0.0654. The van der Waals surface area contributed by atoms with Gasteiger partial charge < -0.3 is 5.32 Å². The normalized spacial score (nSPS) is 12.1. The van der Waals surface area contributed by atoms with Crippen molar-refractivity contribution < 1.29 is 4.79 Å². The molecule has 2 N–H and O–H groups in total. The zero-order valence-electron chi connectivity index (χ0n) is 11.0. The van der Waals surface area contributed by atoms with Gasteiger partial charge in [0.1, 0.15) is 0 Å². The molecule has 1 aromatic heterocycles. The summed E-state index contributed by atoms with van der Waals surface area (Å²) in [6.45, 7) is 1.94. The van der Waals surface area contributed by atoms with Gasteiger partial charge in [0.15, 0.2) is 0 Å². The van der Waals surface area contributed by atoms with Gasteiger partial charge in [-0.2, -0.15) is 16.9 Å². The van der Waals surface area contributed by atoms with Gasteiger partial charge in [-0.25, -0.2) is 0 Å². The quantitative estimate of drug-likeness (QED) is 0.882. The first-order valence-corrected chi connectivity index (χ1v) is 7.47. The molecule has 0 saturated carbocycles. The predicted molar refractivity (Wildman–Crippen MR) is 78.1 cm³/mol. The van der Waals surface area contributed by atoms with E-state index in [-0.39, 0.29) is 11.9 Å². The summed E-state index contributed by atoms with van der Waals surface area (Å²) in [5.74, 6) is 0.900. The van der Waals surface area contributed by atoms with Crippen molar-refractivity contribution in [1.82, 2.24) is 15.5 Å². The molecule has 0 aliphatic heterocycles. The number of aromatic nitrogens is 2. The van der Waals surface area contributed by atoms with E-state index < -0.39 is 0 Å². The first-order chi connectivity index (χ1) is 9.20. The highest BCUT2D eigenvalue weighted by molar-refractivity contribution is 7.97. The van der Waals surface area contributed by atoms with E-state index in [0.29, 0.717) is 5.56 Å². The smallest absolute Gasteiger partial charge is 0.251 e. The summed E-state index contributed by atoms with van der Waals surface area (Å²) in [7, 11) is 0. The highest BCUT2D eigenvalue weighted by Gasteiger charge is 2.11. The predicted octanol–water partition coefficient (Wildman–Crippen LogP) is 2.76. The Morgan fingerprint density at radius 1 is 1.42 bits per heavy atom. The molecular weight excluding hydrogens is 258 g/mol. The largest absolute Gasteiger partial charge is 0.345 e. The van der Waals surface area contributed by atoms with E-state index in [1.54, 1.807) is 24.2 Å². The Labute approximate surface area is 117 Å². The van der Waals surface area contributed by atoms with E-state index in [1.165, 1.54) is 5.56 Å². The summed E-state index contributed by atoms with van der Waals surface area (Å²) in [5.41, 5.74) is 2.87. The second-order valence-corrected chi connectivity index (χ2v) is 5.22. The minimum absolute atomic E-state index is 0.0582. The number of thioether (sulfide) groups is 1. The van der Waals surface area contributed by atoms with Crippen LogP contribution >= 0.6 is 11.8 Å². The van der Waals surface area contributed by atoms with Crippen molar-refractivity contribution in [1.29, 1.82) is 0 Å². The van der Waals surface area contributed by atoms with Crippen molar-refractivity contribution in [3.05, 3.63) is 53.3 Å². The summed E-state index contributed by atoms with van der Waals surface area (Å²) in [5, 5.41) is 9.56. The molecule has 0 radical (unpaired) electrons. The highest BCUT2D eigenvalue weighted by Crippen LogP contribution is 2.13. The number of carbonyl (C=O) groups is 1. The van der Waals surface area contributed by atoms with Crippen LogP contribution in [0, 0.1) is 0 Å². The molecule has 1 amide bonds. The van der Waals surface area contributed by atoms with E-state index in [1.807, 2.05) is 31.2 Å². The van der Waals surface area contributed by atoms with Gasteiger partial charge in [-0.15, -0.1) is 0 Å². The Balaban J connectivity index is 1.99. The lowest BCUT2D eigenvalue weighted by molar-refractivity contribution is 0.0940. The molecule has 0 saturated heterocycles. The number of H-pyrrole nitrogens is 1. The summed E-state index contributed by atoms with van der Waals surface area (Å²) in [6, 6.07) is 7.66. The number of nitrogens with one attached hydrogen (secondary N) is 2. The van der Waals surface area contributed by atoms with Gasteiger partial charge in [0.05, 0.1) is 12.2 Å². The lowest BCUT2D eigenvalue weighted by Gasteiger charge is -2.12. The molecule has 5 heteroatoms. The van der Waals surface area contributed by atoms with Gasteiger partial charge in [0.2, 0.25) is 0 Å². The maximum Gasteiger partial charge on any atom is 0.251 e. The van der Waals surface area contributed by atoms with Crippen LogP contribution in [0.4, 0.5) is 0 Å². The minimum Gasteiger partial charge on any atom is -0.345 e. The molecule has 0 aliphatic carbocycles. The number of nitrogens with zero attached hydrogens (tertiary/aromatic N) is 1.